The lowest BCUT2D eigenvalue weighted by Crippen LogP contribution is -2.11. The molecule has 1 heterocycles. The topological polar surface area (TPSA) is 46.2 Å². The van der Waals surface area contributed by atoms with E-state index in [1.165, 1.54) is 0 Å². The zero-order valence-corrected chi connectivity index (χ0v) is 11.7. The number of hydrogen-bond donors (Lipinski definition) is 2. The zero-order chi connectivity index (χ0) is 15.0. The van der Waals surface area contributed by atoms with Gasteiger partial charge in [0.15, 0.2) is 0 Å². The second-order valence-electron chi connectivity index (χ2n) is 4.28. The van der Waals surface area contributed by atoms with Gasteiger partial charge in [-0.1, -0.05) is 0 Å². The van der Waals surface area contributed by atoms with Gasteiger partial charge in [-0.05, 0) is 31.9 Å². The van der Waals surface area contributed by atoms with Gasteiger partial charge in [-0.3, -0.25) is 0 Å². The highest BCUT2D eigenvalue weighted by atomic mass is 19.4. The van der Waals surface area contributed by atoms with Crippen molar-refractivity contribution < 1.29 is 17.9 Å². The Hall–Kier alpha value is -1.50. The first-order valence-electron chi connectivity index (χ1n) is 6.53. The fraction of sp³-hybridized carbons (Fsp3) is 0.615. The third-order valence-corrected chi connectivity index (χ3v) is 2.59. The molecular formula is C13H20F3N3O. The van der Waals surface area contributed by atoms with Crippen molar-refractivity contribution in [2.75, 3.05) is 37.4 Å². The summed E-state index contributed by atoms with van der Waals surface area (Å²) in [4.78, 5) is 4.10. The molecule has 4 nitrogen and oxygen atoms in total. The van der Waals surface area contributed by atoms with Crippen molar-refractivity contribution in [2.45, 2.75) is 25.9 Å². The molecule has 0 amide bonds. The van der Waals surface area contributed by atoms with E-state index in [0.29, 0.717) is 19.7 Å². The Labute approximate surface area is 116 Å². The molecule has 0 saturated heterocycles. The number of rotatable bonds is 8. The standard InChI is InChI=1S/C13H20F3N3O/c1-3-17-11-8-10(13(14,15)16)9-12(19-11)18-6-4-5-7-20-2/h8-9H,3-7H2,1-2H3,(H2,17,18,19). The van der Waals surface area contributed by atoms with Crippen LogP contribution in [-0.2, 0) is 10.9 Å². The molecule has 0 radical (unpaired) electrons. The van der Waals surface area contributed by atoms with Crippen LogP contribution in [-0.4, -0.2) is 31.8 Å². The number of anilines is 2. The highest BCUT2D eigenvalue weighted by molar-refractivity contribution is 5.49. The van der Waals surface area contributed by atoms with Crippen LogP contribution in [0.15, 0.2) is 12.1 Å². The van der Waals surface area contributed by atoms with Gasteiger partial charge in [0.05, 0.1) is 5.56 Å². The highest BCUT2D eigenvalue weighted by Crippen LogP contribution is 2.32. The normalized spacial score (nSPS) is 11.4. The monoisotopic (exact) mass is 291 g/mol. The van der Waals surface area contributed by atoms with Crippen molar-refractivity contribution in [1.82, 2.24) is 4.98 Å². The van der Waals surface area contributed by atoms with Gasteiger partial charge in [0.2, 0.25) is 0 Å². The molecule has 2 N–H and O–H groups in total. The maximum absolute atomic E-state index is 12.8. The Bertz CT molecular complexity index is 410. The van der Waals surface area contributed by atoms with Crippen LogP contribution in [0.3, 0.4) is 0 Å². The van der Waals surface area contributed by atoms with E-state index in [4.69, 9.17) is 4.74 Å². The Kier molecular flexibility index (Phi) is 6.57. The molecule has 0 aliphatic carbocycles. The average molecular weight is 291 g/mol. The lowest BCUT2D eigenvalue weighted by Gasteiger charge is -2.13. The molecule has 0 unspecified atom stereocenters. The third-order valence-electron chi connectivity index (χ3n) is 2.59. The SMILES string of the molecule is CCNc1cc(C(F)(F)F)cc(NCCCCOC)n1. The quantitative estimate of drug-likeness (QED) is 0.721. The predicted molar refractivity (Wildman–Crippen MR) is 73.0 cm³/mol. The molecule has 0 spiro atoms. The molecule has 0 bridgehead atoms. The van der Waals surface area contributed by atoms with Crippen LogP contribution in [0.1, 0.15) is 25.3 Å². The van der Waals surface area contributed by atoms with E-state index in [1.807, 2.05) is 0 Å². The van der Waals surface area contributed by atoms with Gasteiger partial charge in [-0.2, -0.15) is 13.2 Å². The largest absolute Gasteiger partial charge is 0.416 e. The number of halogens is 3. The Morgan fingerprint density at radius 1 is 1.15 bits per heavy atom. The van der Waals surface area contributed by atoms with Crippen molar-refractivity contribution >= 4 is 11.6 Å². The Morgan fingerprint density at radius 2 is 1.80 bits per heavy atom. The molecule has 0 aliphatic heterocycles. The van der Waals surface area contributed by atoms with Crippen LogP contribution < -0.4 is 10.6 Å². The third kappa shape index (κ3) is 5.64. The summed E-state index contributed by atoms with van der Waals surface area (Å²) in [6, 6.07) is 2.04. The average Bonchev–Trinajstić information content (AvgIpc) is 2.38. The van der Waals surface area contributed by atoms with E-state index in [1.54, 1.807) is 14.0 Å². The first-order valence-corrected chi connectivity index (χ1v) is 6.53. The molecule has 0 atom stereocenters. The molecule has 20 heavy (non-hydrogen) atoms. The molecule has 114 valence electrons. The molecule has 0 saturated carbocycles. The maximum Gasteiger partial charge on any atom is 0.416 e. The van der Waals surface area contributed by atoms with Crippen molar-refractivity contribution in [3.63, 3.8) is 0 Å². The number of aromatic nitrogens is 1. The van der Waals surface area contributed by atoms with E-state index in [2.05, 4.69) is 15.6 Å². The minimum Gasteiger partial charge on any atom is -0.385 e. The van der Waals surface area contributed by atoms with Crippen LogP contribution in [0.4, 0.5) is 24.8 Å². The lowest BCUT2D eigenvalue weighted by atomic mass is 10.2. The maximum atomic E-state index is 12.8. The van der Waals surface area contributed by atoms with E-state index >= 15 is 0 Å². The second-order valence-corrected chi connectivity index (χ2v) is 4.28. The Balaban J connectivity index is 2.71. The number of hydrogen-bond acceptors (Lipinski definition) is 4. The summed E-state index contributed by atoms with van der Waals surface area (Å²) in [6.45, 7) is 3.52. The van der Waals surface area contributed by atoms with Gasteiger partial charge in [0.25, 0.3) is 0 Å². The van der Waals surface area contributed by atoms with Crippen LogP contribution in [0, 0.1) is 0 Å². The van der Waals surface area contributed by atoms with Gasteiger partial charge in [-0.25, -0.2) is 4.98 Å². The number of nitrogens with zero attached hydrogens (tertiary/aromatic N) is 1. The fourth-order valence-electron chi connectivity index (χ4n) is 1.64. The smallest absolute Gasteiger partial charge is 0.385 e. The summed E-state index contributed by atoms with van der Waals surface area (Å²) in [5.74, 6) is 0.454. The summed E-state index contributed by atoms with van der Waals surface area (Å²) in [5, 5.41) is 5.71. The summed E-state index contributed by atoms with van der Waals surface area (Å²) in [5.41, 5.74) is -0.706. The van der Waals surface area contributed by atoms with Crippen LogP contribution in [0.25, 0.3) is 0 Å². The molecule has 0 fully saturated rings. The first kappa shape index (κ1) is 16.6. The summed E-state index contributed by atoms with van der Waals surface area (Å²) < 4.78 is 43.2. The number of unbranched alkanes of at least 4 members (excludes halogenated alkanes) is 1. The van der Waals surface area contributed by atoms with E-state index in [9.17, 15) is 13.2 Å². The van der Waals surface area contributed by atoms with Crippen LogP contribution in [0.5, 0.6) is 0 Å². The number of alkyl halides is 3. The number of pyridine rings is 1. The van der Waals surface area contributed by atoms with Gasteiger partial charge >= 0.3 is 6.18 Å². The van der Waals surface area contributed by atoms with Crippen LogP contribution in [0.2, 0.25) is 0 Å². The van der Waals surface area contributed by atoms with Crippen molar-refractivity contribution in [1.29, 1.82) is 0 Å². The zero-order valence-electron chi connectivity index (χ0n) is 11.7. The molecule has 1 aromatic heterocycles. The minimum atomic E-state index is -4.38. The summed E-state index contributed by atoms with van der Waals surface area (Å²) in [7, 11) is 1.62. The molecule has 0 aromatic carbocycles. The lowest BCUT2D eigenvalue weighted by molar-refractivity contribution is -0.137. The fourth-order valence-corrected chi connectivity index (χ4v) is 1.64. The molecule has 0 aliphatic rings. The van der Waals surface area contributed by atoms with Gasteiger partial charge < -0.3 is 15.4 Å². The van der Waals surface area contributed by atoms with Gasteiger partial charge in [0, 0.05) is 26.8 Å². The molecule has 7 heteroatoms. The molecule has 1 rings (SSSR count). The van der Waals surface area contributed by atoms with Crippen molar-refractivity contribution in [2.24, 2.45) is 0 Å². The molecular weight excluding hydrogens is 271 g/mol. The highest BCUT2D eigenvalue weighted by Gasteiger charge is 2.31. The van der Waals surface area contributed by atoms with E-state index in [-0.39, 0.29) is 11.6 Å². The minimum absolute atomic E-state index is 0.224. The van der Waals surface area contributed by atoms with Crippen molar-refractivity contribution in [3.05, 3.63) is 17.7 Å². The second kappa shape index (κ2) is 7.94. The van der Waals surface area contributed by atoms with E-state index < -0.39 is 11.7 Å². The number of nitrogens with one attached hydrogen (secondary N) is 2. The Morgan fingerprint density at radius 3 is 2.35 bits per heavy atom. The first-order chi connectivity index (χ1) is 9.47. The molecule has 1 aromatic rings. The van der Waals surface area contributed by atoms with Gasteiger partial charge in [0.1, 0.15) is 11.6 Å². The van der Waals surface area contributed by atoms with E-state index in [0.717, 1.165) is 25.0 Å². The van der Waals surface area contributed by atoms with Crippen molar-refractivity contribution in [3.8, 4) is 0 Å². The number of ether oxygens (including phenoxy) is 1. The van der Waals surface area contributed by atoms with Crippen LogP contribution >= 0.6 is 0 Å². The number of methoxy groups -OCH3 is 1. The summed E-state index contributed by atoms with van der Waals surface area (Å²) >= 11 is 0. The van der Waals surface area contributed by atoms with Gasteiger partial charge in [-0.15, -0.1) is 0 Å². The predicted octanol–water partition coefficient (Wildman–Crippen LogP) is 3.37. The summed E-state index contributed by atoms with van der Waals surface area (Å²) in [6.07, 6.45) is -2.72.